The Hall–Kier alpha value is -0.980. The summed E-state index contributed by atoms with van der Waals surface area (Å²) in [6, 6.07) is 0. The van der Waals surface area contributed by atoms with Gasteiger partial charge in [-0.15, -0.1) is 11.3 Å². The van der Waals surface area contributed by atoms with Crippen LogP contribution in [0.4, 0.5) is 0 Å². The van der Waals surface area contributed by atoms with Crippen LogP contribution in [0.2, 0.25) is 0 Å². The molecule has 1 fully saturated rings. The molecule has 94 valence electrons. The Labute approximate surface area is 105 Å². The molecule has 1 amide bonds. The molecule has 5 nitrogen and oxygen atoms in total. The first-order valence-electron chi connectivity index (χ1n) is 5.70. The molecule has 1 unspecified atom stereocenters. The van der Waals surface area contributed by atoms with Crippen molar-refractivity contribution in [2.24, 2.45) is 0 Å². The first kappa shape index (κ1) is 12.5. The van der Waals surface area contributed by atoms with Gasteiger partial charge < -0.3 is 15.0 Å². The zero-order chi connectivity index (χ0) is 12.1. The average Bonchev–Trinajstić information content (AvgIpc) is 2.83. The van der Waals surface area contributed by atoms with Crippen LogP contribution in [0, 0.1) is 0 Å². The molecule has 1 atom stereocenters. The van der Waals surface area contributed by atoms with Crippen molar-refractivity contribution in [3.05, 3.63) is 16.6 Å². The number of nitrogens with zero attached hydrogens (tertiary/aromatic N) is 2. The van der Waals surface area contributed by atoms with E-state index in [1.807, 2.05) is 5.38 Å². The number of rotatable bonds is 4. The van der Waals surface area contributed by atoms with Crippen LogP contribution in [0.3, 0.4) is 0 Å². The van der Waals surface area contributed by atoms with E-state index in [4.69, 9.17) is 4.74 Å². The zero-order valence-electron chi connectivity index (χ0n) is 9.89. The van der Waals surface area contributed by atoms with Crippen molar-refractivity contribution < 1.29 is 9.53 Å². The van der Waals surface area contributed by atoms with Gasteiger partial charge in [0.15, 0.2) is 0 Å². The van der Waals surface area contributed by atoms with Crippen LogP contribution in [0.25, 0.3) is 0 Å². The molecule has 0 radical (unpaired) electrons. The SMILES string of the molecule is CN(Cc1nccs1)C(=O)CC1CNCCO1. The first-order valence-corrected chi connectivity index (χ1v) is 6.58. The van der Waals surface area contributed by atoms with Crippen LogP contribution in [-0.4, -0.2) is 48.6 Å². The number of amides is 1. The lowest BCUT2D eigenvalue weighted by atomic mass is 10.2. The Morgan fingerprint density at radius 2 is 2.65 bits per heavy atom. The van der Waals surface area contributed by atoms with Gasteiger partial charge in [0.2, 0.25) is 5.91 Å². The number of carbonyl (C=O) groups excluding carboxylic acids is 1. The number of hydrogen-bond acceptors (Lipinski definition) is 5. The third-order valence-corrected chi connectivity index (χ3v) is 3.45. The predicted octanol–water partition coefficient (Wildman–Crippen LogP) is 0.480. The Kier molecular flexibility index (Phi) is 4.47. The molecule has 1 N–H and O–H groups in total. The molecule has 1 saturated heterocycles. The van der Waals surface area contributed by atoms with Crippen molar-refractivity contribution in [2.45, 2.75) is 19.1 Å². The number of hydrogen-bond donors (Lipinski definition) is 1. The first-order chi connectivity index (χ1) is 8.25. The summed E-state index contributed by atoms with van der Waals surface area (Å²) < 4.78 is 5.51. The Balaban J connectivity index is 1.78. The van der Waals surface area contributed by atoms with Crippen molar-refractivity contribution in [2.75, 3.05) is 26.7 Å². The lowest BCUT2D eigenvalue weighted by Gasteiger charge is -2.25. The second kappa shape index (κ2) is 6.09. The molecule has 0 spiro atoms. The summed E-state index contributed by atoms with van der Waals surface area (Å²) in [4.78, 5) is 17.8. The number of thiazole rings is 1. The predicted molar refractivity (Wildman–Crippen MR) is 65.8 cm³/mol. The van der Waals surface area contributed by atoms with Gasteiger partial charge >= 0.3 is 0 Å². The van der Waals surface area contributed by atoms with E-state index in [9.17, 15) is 4.79 Å². The topological polar surface area (TPSA) is 54.5 Å². The van der Waals surface area contributed by atoms with Gasteiger partial charge in [0, 0.05) is 31.7 Å². The standard InChI is InChI=1S/C11H17N3O2S/c1-14(8-10-13-3-5-17-10)11(15)6-9-7-12-2-4-16-9/h3,5,9,12H,2,4,6-8H2,1H3. The van der Waals surface area contributed by atoms with E-state index in [-0.39, 0.29) is 12.0 Å². The summed E-state index contributed by atoms with van der Waals surface area (Å²) >= 11 is 1.57. The quantitative estimate of drug-likeness (QED) is 0.850. The minimum absolute atomic E-state index is 0.00925. The Morgan fingerprint density at radius 1 is 1.76 bits per heavy atom. The van der Waals surface area contributed by atoms with Crippen molar-refractivity contribution in [1.29, 1.82) is 0 Å². The van der Waals surface area contributed by atoms with Crippen LogP contribution in [-0.2, 0) is 16.1 Å². The number of carbonyl (C=O) groups is 1. The normalized spacial score (nSPS) is 20.2. The van der Waals surface area contributed by atoms with Gasteiger partial charge in [-0.3, -0.25) is 4.79 Å². The molecule has 1 aliphatic heterocycles. The smallest absolute Gasteiger partial charge is 0.225 e. The van der Waals surface area contributed by atoms with Gasteiger partial charge in [-0.1, -0.05) is 0 Å². The van der Waals surface area contributed by atoms with Gasteiger partial charge in [-0.25, -0.2) is 4.98 Å². The fourth-order valence-corrected chi connectivity index (χ4v) is 2.39. The second-order valence-corrected chi connectivity index (χ2v) is 5.06. The van der Waals surface area contributed by atoms with Gasteiger partial charge in [0.25, 0.3) is 0 Å². The summed E-state index contributed by atoms with van der Waals surface area (Å²) in [6.07, 6.45) is 2.21. The molecule has 0 aromatic carbocycles. The minimum atomic E-state index is 0.00925. The lowest BCUT2D eigenvalue weighted by Crippen LogP contribution is -2.41. The lowest BCUT2D eigenvalue weighted by molar-refractivity contribution is -0.133. The molecule has 1 aliphatic rings. The number of ether oxygens (including phenoxy) is 1. The fraction of sp³-hybridized carbons (Fsp3) is 0.636. The van der Waals surface area contributed by atoms with E-state index in [1.54, 1.807) is 29.5 Å². The summed E-state index contributed by atoms with van der Waals surface area (Å²) in [5.41, 5.74) is 0. The molecular weight excluding hydrogens is 238 g/mol. The van der Waals surface area contributed by atoms with Crippen LogP contribution in [0.15, 0.2) is 11.6 Å². The number of morpholine rings is 1. The van der Waals surface area contributed by atoms with E-state index in [1.165, 1.54) is 0 Å². The van der Waals surface area contributed by atoms with Crippen LogP contribution in [0.1, 0.15) is 11.4 Å². The van der Waals surface area contributed by atoms with E-state index in [0.717, 1.165) is 18.1 Å². The molecule has 6 heteroatoms. The Bertz CT molecular complexity index is 350. The third kappa shape index (κ3) is 3.76. The number of aromatic nitrogens is 1. The minimum Gasteiger partial charge on any atom is -0.375 e. The molecule has 2 heterocycles. The van der Waals surface area contributed by atoms with Crippen molar-refractivity contribution in [1.82, 2.24) is 15.2 Å². The maximum atomic E-state index is 11.9. The number of nitrogens with one attached hydrogen (secondary N) is 1. The van der Waals surface area contributed by atoms with Gasteiger partial charge in [0.1, 0.15) is 5.01 Å². The summed E-state index contributed by atoms with van der Waals surface area (Å²) in [6.45, 7) is 2.90. The summed E-state index contributed by atoms with van der Waals surface area (Å²) in [5.74, 6) is 0.105. The van der Waals surface area contributed by atoms with Crippen molar-refractivity contribution >= 4 is 17.2 Å². The van der Waals surface area contributed by atoms with E-state index >= 15 is 0 Å². The molecule has 17 heavy (non-hydrogen) atoms. The van der Waals surface area contributed by atoms with E-state index in [0.29, 0.717) is 19.6 Å². The highest BCUT2D eigenvalue weighted by Gasteiger charge is 2.19. The molecule has 2 rings (SSSR count). The second-order valence-electron chi connectivity index (χ2n) is 4.08. The van der Waals surface area contributed by atoms with Crippen molar-refractivity contribution in [3.63, 3.8) is 0 Å². The fourth-order valence-electron chi connectivity index (χ4n) is 1.72. The van der Waals surface area contributed by atoms with Gasteiger partial charge in [-0.2, -0.15) is 0 Å². The van der Waals surface area contributed by atoms with Gasteiger partial charge in [0.05, 0.1) is 25.7 Å². The summed E-state index contributed by atoms with van der Waals surface area (Å²) in [7, 11) is 1.81. The molecule has 0 saturated carbocycles. The van der Waals surface area contributed by atoms with Crippen LogP contribution < -0.4 is 5.32 Å². The van der Waals surface area contributed by atoms with Gasteiger partial charge in [-0.05, 0) is 0 Å². The molecule has 0 aliphatic carbocycles. The monoisotopic (exact) mass is 255 g/mol. The molecule has 1 aromatic heterocycles. The Morgan fingerprint density at radius 3 is 3.29 bits per heavy atom. The average molecular weight is 255 g/mol. The largest absolute Gasteiger partial charge is 0.375 e. The molecular formula is C11H17N3O2S. The zero-order valence-corrected chi connectivity index (χ0v) is 10.7. The molecule has 1 aromatic rings. The highest BCUT2D eigenvalue weighted by atomic mass is 32.1. The van der Waals surface area contributed by atoms with E-state index < -0.39 is 0 Å². The van der Waals surface area contributed by atoms with Crippen LogP contribution >= 0.6 is 11.3 Å². The molecule has 0 bridgehead atoms. The third-order valence-electron chi connectivity index (χ3n) is 2.69. The van der Waals surface area contributed by atoms with Crippen molar-refractivity contribution in [3.8, 4) is 0 Å². The highest BCUT2D eigenvalue weighted by Crippen LogP contribution is 2.09. The highest BCUT2D eigenvalue weighted by molar-refractivity contribution is 7.09. The van der Waals surface area contributed by atoms with Crippen LogP contribution in [0.5, 0.6) is 0 Å². The maximum absolute atomic E-state index is 11.9. The van der Waals surface area contributed by atoms with E-state index in [2.05, 4.69) is 10.3 Å². The maximum Gasteiger partial charge on any atom is 0.225 e. The summed E-state index contributed by atoms with van der Waals surface area (Å²) in [5, 5.41) is 6.10.